The fraction of sp³-hybridized carbons (Fsp3) is 0.308. The van der Waals surface area contributed by atoms with Gasteiger partial charge in [0.2, 0.25) is 0 Å². The Morgan fingerprint density at radius 1 is 0.594 bits per heavy atom. The van der Waals surface area contributed by atoms with E-state index in [4.69, 9.17) is 23.7 Å². The Kier molecular flexibility index (Phi) is 6.15. The lowest BCUT2D eigenvalue weighted by Gasteiger charge is -2.25. The molecule has 1 N–H and O–H groups in total. The summed E-state index contributed by atoms with van der Waals surface area (Å²) in [6, 6.07) is 17.4. The lowest BCUT2D eigenvalue weighted by Crippen LogP contribution is -2.12. The summed E-state index contributed by atoms with van der Waals surface area (Å²) < 4.78 is 27.6. The average molecular weight is 437 g/mol. The first-order valence-electron chi connectivity index (χ1n) is 10.3. The molecular formula is C26H28O6. The van der Waals surface area contributed by atoms with Gasteiger partial charge in [-0.2, -0.15) is 0 Å². The highest BCUT2D eigenvalue weighted by Crippen LogP contribution is 2.58. The Morgan fingerprint density at radius 2 is 1.16 bits per heavy atom. The van der Waals surface area contributed by atoms with Gasteiger partial charge in [-0.1, -0.05) is 12.1 Å². The van der Waals surface area contributed by atoms with E-state index in [1.165, 1.54) is 0 Å². The van der Waals surface area contributed by atoms with Gasteiger partial charge in [-0.25, -0.2) is 0 Å². The lowest BCUT2D eigenvalue weighted by atomic mass is 9.80. The number of rotatable bonds is 7. The predicted molar refractivity (Wildman–Crippen MR) is 122 cm³/mol. The van der Waals surface area contributed by atoms with Crippen molar-refractivity contribution in [3.63, 3.8) is 0 Å². The van der Waals surface area contributed by atoms with Crippen LogP contribution in [0.3, 0.4) is 0 Å². The maximum Gasteiger partial charge on any atom is 0.126 e. The minimum absolute atomic E-state index is 0.163. The molecule has 0 aromatic heterocycles. The van der Waals surface area contributed by atoms with Crippen LogP contribution in [-0.2, 0) is 0 Å². The number of hydrogen-bond acceptors (Lipinski definition) is 6. The Bertz CT molecular complexity index is 1070. The number of hydrogen-bond donors (Lipinski definition) is 1. The SMILES string of the molecule is COc1ccc([C@@H]2c3c(OC)cc(OC)cc3C(O)[C@H]2c2cc(OC)cc(OC)c2)cc1. The first-order valence-corrected chi connectivity index (χ1v) is 10.3. The molecule has 3 aromatic rings. The molecule has 32 heavy (non-hydrogen) atoms. The molecule has 0 spiro atoms. The Balaban J connectivity index is 1.95. The van der Waals surface area contributed by atoms with Gasteiger partial charge in [0, 0.05) is 29.5 Å². The minimum atomic E-state index is -0.780. The third-order valence-electron chi connectivity index (χ3n) is 6.17. The molecule has 3 atom stereocenters. The van der Waals surface area contributed by atoms with Gasteiger partial charge in [0.15, 0.2) is 0 Å². The molecule has 1 unspecified atom stereocenters. The summed E-state index contributed by atoms with van der Waals surface area (Å²) in [6.07, 6.45) is -0.780. The molecule has 3 aromatic carbocycles. The van der Waals surface area contributed by atoms with E-state index in [0.29, 0.717) is 23.0 Å². The van der Waals surface area contributed by atoms with Gasteiger partial charge in [-0.15, -0.1) is 0 Å². The van der Waals surface area contributed by atoms with Crippen molar-refractivity contribution in [2.45, 2.75) is 17.9 Å². The van der Waals surface area contributed by atoms with Crippen LogP contribution in [0, 0.1) is 0 Å². The number of ether oxygens (including phenoxy) is 5. The van der Waals surface area contributed by atoms with Gasteiger partial charge in [-0.05, 0) is 47.0 Å². The second kappa shape index (κ2) is 9.01. The third kappa shape index (κ3) is 3.71. The van der Waals surface area contributed by atoms with Gasteiger partial charge in [-0.3, -0.25) is 0 Å². The van der Waals surface area contributed by atoms with E-state index in [-0.39, 0.29) is 11.8 Å². The van der Waals surface area contributed by atoms with Crippen molar-refractivity contribution in [3.8, 4) is 28.7 Å². The zero-order chi connectivity index (χ0) is 22.8. The lowest BCUT2D eigenvalue weighted by molar-refractivity contribution is 0.152. The number of benzene rings is 3. The second-order valence-corrected chi connectivity index (χ2v) is 7.70. The molecule has 0 amide bonds. The summed E-state index contributed by atoms with van der Waals surface area (Å²) in [6.45, 7) is 0. The van der Waals surface area contributed by atoms with Crippen molar-refractivity contribution in [3.05, 3.63) is 76.9 Å². The van der Waals surface area contributed by atoms with Crippen molar-refractivity contribution >= 4 is 0 Å². The molecule has 0 radical (unpaired) electrons. The van der Waals surface area contributed by atoms with Crippen LogP contribution in [0.1, 0.15) is 40.2 Å². The van der Waals surface area contributed by atoms with E-state index in [0.717, 1.165) is 28.0 Å². The van der Waals surface area contributed by atoms with Crippen molar-refractivity contribution in [2.24, 2.45) is 0 Å². The van der Waals surface area contributed by atoms with Gasteiger partial charge in [0.25, 0.3) is 0 Å². The van der Waals surface area contributed by atoms with Crippen molar-refractivity contribution in [1.29, 1.82) is 0 Å². The van der Waals surface area contributed by atoms with Gasteiger partial charge >= 0.3 is 0 Å². The Labute approximate surface area is 188 Å². The average Bonchev–Trinajstić information content (AvgIpc) is 3.15. The molecule has 168 valence electrons. The highest BCUT2D eigenvalue weighted by molar-refractivity contribution is 5.60. The summed E-state index contributed by atoms with van der Waals surface area (Å²) in [5.74, 6) is 2.97. The number of methoxy groups -OCH3 is 5. The van der Waals surface area contributed by atoms with Crippen LogP contribution in [0.15, 0.2) is 54.6 Å². The van der Waals surface area contributed by atoms with Crippen molar-refractivity contribution in [1.82, 2.24) is 0 Å². The second-order valence-electron chi connectivity index (χ2n) is 7.70. The van der Waals surface area contributed by atoms with E-state index in [1.807, 2.05) is 54.6 Å². The Morgan fingerprint density at radius 3 is 1.69 bits per heavy atom. The molecule has 0 saturated heterocycles. The van der Waals surface area contributed by atoms with Crippen molar-refractivity contribution < 1.29 is 28.8 Å². The summed E-state index contributed by atoms with van der Waals surface area (Å²) in [7, 11) is 8.12. The number of aliphatic hydroxyl groups excluding tert-OH is 1. The molecular weight excluding hydrogens is 408 g/mol. The standard InChI is InChI=1S/C26H28O6/c1-28-17-8-6-15(7-9-17)23-24(16-10-18(29-2)12-19(11-16)30-3)26(27)21-13-20(31-4)14-22(32-5)25(21)23/h6-14,23-24,26-27H,1-5H3/t23-,24-,26?/m0/s1. The summed E-state index contributed by atoms with van der Waals surface area (Å²) in [4.78, 5) is 0. The maximum atomic E-state index is 11.6. The monoisotopic (exact) mass is 436 g/mol. The highest BCUT2D eigenvalue weighted by Gasteiger charge is 2.44. The van der Waals surface area contributed by atoms with Crippen LogP contribution in [0.5, 0.6) is 28.7 Å². The third-order valence-corrected chi connectivity index (χ3v) is 6.17. The smallest absolute Gasteiger partial charge is 0.126 e. The molecule has 0 aliphatic heterocycles. The predicted octanol–water partition coefficient (Wildman–Crippen LogP) is 4.69. The van der Waals surface area contributed by atoms with Crippen LogP contribution in [0.4, 0.5) is 0 Å². The topological polar surface area (TPSA) is 66.4 Å². The normalized spacial score (nSPS) is 19.2. The van der Waals surface area contributed by atoms with E-state index in [2.05, 4.69) is 0 Å². The largest absolute Gasteiger partial charge is 0.497 e. The fourth-order valence-corrected chi connectivity index (χ4v) is 4.62. The van der Waals surface area contributed by atoms with Gasteiger partial charge in [0.05, 0.1) is 41.7 Å². The van der Waals surface area contributed by atoms with Gasteiger partial charge < -0.3 is 28.8 Å². The van der Waals surface area contributed by atoms with E-state index >= 15 is 0 Å². The molecule has 1 aliphatic rings. The van der Waals surface area contributed by atoms with Gasteiger partial charge in [0.1, 0.15) is 28.7 Å². The zero-order valence-corrected chi connectivity index (χ0v) is 18.9. The van der Waals surface area contributed by atoms with Crippen LogP contribution in [0.2, 0.25) is 0 Å². The molecule has 0 saturated carbocycles. The van der Waals surface area contributed by atoms with Crippen LogP contribution >= 0.6 is 0 Å². The molecule has 6 nitrogen and oxygen atoms in total. The molecule has 1 aliphatic carbocycles. The number of fused-ring (bicyclic) bond motifs is 1. The number of aliphatic hydroxyl groups is 1. The summed E-state index contributed by atoms with van der Waals surface area (Å²) >= 11 is 0. The molecule has 0 fully saturated rings. The van der Waals surface area contributed by atoms with E-state index in [9.17, 15) is 5.11 Å². The fourth-order valence-electron chi connectivity index (χ4n) is 4.62. The minimum Gasteiger partial charge on any atom is -0.497 e. The molecule has 0 bridgehead atoms. The van der Waals surface area contributed by atoms with Crippen molar-refractivity contribution in [2.75, 3.05) is 35.5 Å². The van der Waals surface area contributed by atoms with Crippen LogP contribution < -0.4 is 23.7 Å². The summed E-state index contributed by atoms with van der Waals surface area (Å²) in [5, 5.41) is 11.6. The highest BCUT2D eigenvalue weighted by atomic mass is 16.5. The first-order chi connectivity index (χ1) is 15.5. The molecule has 6 heteroatoms. The van der Waals surface area contributed by atoms with E-state index < -0.39 is 6.10 Å². The zero-order valence-electron chi connectivity index (χ0n) is 18.9. The van der Waals surface area contributed by atoms with E-state index in [1.54, 1.807) is 35.5 Å². The Hall–Kier alpha value is -3.38. The first kappa shape index (κ1) is 21.8. The molecule has 4 rings (SSSR count). The van der Waals surface area contributed by atoms with Crippen LogP contribution in [0.25, 0.3) is 0 Å². The quantitative estimate of drug-likeness (QED) is 0.580. The van der Waals surface area contributed by atoms with Crippen LogP contribution in [-0.4, -0.2) is 40.7 Å². The molecule has 0 heterocycles. The maximum absolute atomic E-state index is 11.6. The summed E-state index contributed by atoms with van der Waals surface area (Å²) in [5.41, 5.74) is 3.68.